The van der Waals surface area contributed by atoms with Gasteiger partial charge in [-0.1, -0.05) is 18.2 Å². The molecule has 2 aliphatic rings. The topological polar surface area (TPSA) is 105 Å². The molecular weight excluding hydrogens is 348 g/mol. The van der Waals surface area contributed by atoms with E-state index in [1.54, 1.807) is 13.0 Å². The van der Waals surface area contributed by atoms with Gasteiger partial charge in [0, 0.05) is 18.9 Å². The first-order valence-corrected chi connectivity index (χ1v) is 9.70. The highest BCUT2D eigenvalue weighted by atomic mass is 16.5. The second kappa shape index (κ2) is 10.9. The molecule has 7 heteroatoms. The molecule has 0 aromatic rings. The van der Waals surface area contributed by atoms with Crippen LogP contribution in [0.3, 0.4) is 0 Å². The van der Waals surface area contributed by atoms with E-state index < -0.39 is 5.97 Å². The Balaban J connectivity index is 1.73. The van der Waals surface area contributed by atoms with E-state index in [2.05, 4.69) is 16.7 Å². The summed E-state index contributed by atoms with van der Waals surface area (Å²) < 4.78 is 6.03. The zero-order valence-corrected chi connectivity index (χ0v) is 15.9. The number of fused-ring (bicyclic) bond motifs is 2. The van der Waals surface area contributed by atoms with E-state index in [-0.39, 0.29) is 42.9 Å². The van der Waals surface area contributed by atoms with Gasteiger partial charge < -0.3 is 20.5 Å². The van der Waals surface area contributed by atoms with Crippen LogP contribution < -0.4 is 10.6 Å². The van der Waals surface area contributed by atoms with Crippen molar-refractivity contribution in [2.75, 3.05) is 13.1 Å². The molecule has 0 spiro atoms. The summed E-state index contributed by atoms with van der Waals surface area (Å²) in [6.45, 7) is 2.27. The van der Waals surface area contributed by atoms with Crippen molar-refractivity contribution in [3.05, 3.63) is 24.3 Å². The number of carbonyl (C=O) groups excluding carboxylic acids is 2. The average molecular weight is 378 g/mol. The lowest BCUT2D eigenvalue weighted by molar-refractivity contribution is -0.137. The molecule has 2 fully saturated rings. The molecule has 3 N–H and O–H groups in total. The van der Waals surface area contributed by atoms with Crippen LogP contribution in [0.2, 0.25) is 0 Å². The van der Waals surface area contributed by atoms with Crippen LogP contribution in [0.4, 0.5) is 0 Å². The van der Waals surface area contributed by atoms with Crippen LogP contribution in [0.15, 0.2) is 24.3 Å². The highest BCUT2D eigenvalue weighted by molar-refractivity contribution is 5.91. The monoisotopic (exact) mass is 378 g/mol. The number of hydrogen-bond donors (Lipinski definition) is 3. The number of aliphatic carboxylic acids is 1. The number of carboxylic acid groups (broad SMARTS) is 1. The first kappa shape index (κ1) is 21.2. The zero-order chi connectivity index (χ0) is 19.6. The normalized spacial score (nSPS) is 26.7. The van der Waals surface area contributed by atoms with Crippen molar-refractivity contribution in [1.82, 2.24) is 10.6 Å². The van der Waals surface area contributed by atoms with Crippen LogP contribution >= 0.6 is 0 Å². The van der Waals surface area contributed by atoms with E-state index >= 15 is 0 Å². The second-order valence-corrected chi connectivity index (χ2v) is 7.13. The minimum atomic E-state index is -0.761. The number of hydrogen-bond acceptors (Lipinski definition) is 4. The summed E-state index contributed by atoms with van der Waals surface area (Å²) in [5.41, 5.74) is 0. The van der Waals surface area contributed by atoms with Crippen molar-refractivity contribution in [2.45, 2.75) is 57.7 Å². The Morgan fingerprint density at radius 1 is 1.11 bits per heavy atom. The number of carboxylic acids is 1. The first-order valence-electron chi connectivity index (χ1n) is 9.70. The fourth-order valence-corrected chi connectivity index (χ4v) is 3.89. The molecular formula is C20H30N2O5. The molecule has 0 saturated carbocycles. The van der Waals surface area contributed by atoms with Crippen LogP contribution in [0.1, 0.15) is 45.4 Å². The molecule has 0 aromatic carbocycles. The van der Waals surface area contributed by atoms with E-state index in [1.165, 1.54) is 6.08 Å². The minimum absolute atomic E-state index is 0.0288. The lowest BCUT2D eigenvalue weighted by atomic mass is 9.77. The third-order valence-electron chi connectivity index (χ3n) is 5.20. The molecule has 2 heterocycles. The largest absolute Gasteiger partial charge is 0.481 e. The Hall–Kier alpha value is -2.15. The van der Waals surface area contributed by atoms with E-state index in [4.69, 9.17) is 9.84 Å². The third-order valence-corrected chi connectivity index (χ3v) is 5.20. The minimum Gasteiger partial charge on any atom is -0.481 e. The quantitative estimate of drug-likeness (QED) is 0.289. The van der Waals surface area contributed by atoms with Gasteiger partial charge in [-0.25, -0.2) is 0 Å². The lowest BCUT2D eigenvalue weighted by Crippen LogP contribution is -2.42. The van der Waals surface area contributed by atoms with Gasteiger partial charge in [-0.3, -0.25) is 14.4 Å². The molecule has 0 aliphatic carbocycles. The predicted molar refractivity (Wildman–Crippen MR) is 101 cm³/mol. The zero-order valence-electron chi connectivity index (χ0n) is 15.9. The molecule has 2 bridgehead atoms. The van der Waals surface area contributed by atoms with Crippen LogP contribution in [-0.2, 0) is 19.1 Å². The highest BCUT2D eigenvalue weighted by Crippen LogP contribution is 2.44. The maximum Gasteiger partial charge on any atom is 0.303 e. The molecule has 27 heavy (non-hydrogen) atoms. The van der Waals surface area contributed by atoms with Crippen molar-refractivity contribution in [2.24, 2.45) is 11.8 Å². The molecule has 0 aromatic heterocycles. The lowest BCUT2D eigenvalue weighted by Gasteiger charge is -2.27. The van der Waals surface area contributed by atoms with Gasteiger partial charge in [0.2, 0.25) is 11.8 Å². The third kappa shape index (κ3) is 6.82. The summed E-state index contributed by atoms with van der Waals surface area (Å²) in [6, 6.07) is 0. The highest BCUT2D eigenvalue weighted by Gasteiger charge is 2.47. The SMILES string of the molecule is CC=CC(=O)NCC(=O)NC[C@H]1[C@@H](C/C=C\CCCC(=O)O)[C@H]2CC[C@@H]1O2. The summed E-state index contributed by atoms with van der Waals surface area (Å²) in [6.07, 6.45) is 12.2. The van der Waals surface area contributed by atoms with Gasteiger partial charge >= 0.3 is 5.97 Å². The maximum absolute atomic E-state index is 12.0. The molecule has 2 saturated heterocycles. The molecule has 0 radical (unpaired) electrons. The van der Waals surface area contributed by atoms with Crippen molar-refractivity contribution in [1.29, 1.82) is 0 Å². The van der Waals surface area contributed by atoms with Gasteiger partial charge in [0.1, 0.15) is 0 Å². The Morgan fingerprint density at radius 3 is 2.56 bits per heavy atom. The number of carbonyl (C=O) groups is 3. The van der Waals surface area contributed by atoms with Gasteiger partial charge in [-0.2, -0.15) is 0 Å². The number of amides is 2. The second-order valence-electron chi connectivity index (χ2n) is 7.13. The van der Waals surface area contributed by atoms with Crippen molar-refractivity contribution in [3.8, 4) is 0 Å². The van der Waals surface area contributed by atoms with E-state index in [0.717, 1.165) is 25.7 Å². The molecule has 2 aliphatic heterocycles. The number of nitrogens with one attached hydrogen (secondary N) is 2. The summed E-state index contributed by atoms with van der Waals surface area (Å²) in [5.74, 6) is -0.581. The van der Waals surface area contributed by atoms with Gasteiger partial charge in [0.25, 0.3) is 0 Å². The molecule has 0 unspecified atom stereocenters. The van der Waals surface area contributed by atoms with Crippen LogP contribution in [-0.4, -0.2) is 48.2 Å². The smallest absolute Gasteiger partial charge is 0.303 e. The fourth-order valence-electron chi connectivity index (χ4n) is 3.89. The standard InChI is InChI=1S/C20H30N2O5/c1-2-7-18(23)22-13-19(24)21-12-15-14(16-10-11-17(15)27-16)8-5-3-4-6-9-20(25)26/h2-3,5,7,14-17H,4,6,8-13H2,1H3,(H,21,24)(H,22,23)(H,25,26)/b5-3-,7-2?/t14-,15+,16-,17+/m1/s1. The Morgan fingerprint density at radius 2 is 1.85 bits per heavy atom. The molecule has 4 atom stereocenters. The summed E-state index contributed by atoms with van der Waals surface area (Å²) in [5, 5.41) is 14.1. The van der Waals surface area contributed by atoms with Crippen molar-refractivity contribution < 1.29 is 24.2 Å². The summed E-state index contributed by atoms with van der Waals surface area (Å²) >= 11 is 0. The van der Waals surface area contributed by atoms with Crippen molar-refractivity contribution >= 4 is 17.8 Å². The van der Waals surface area contributed by atoms with E-state index in [9.17, 15) is 14.4 Å². The van der Waals surface area contributed by atoms with E-state index in [1.807, 2.05) is 6.08 Å². The average Bonchev–Trinajstić information content (AvgIpc) is 3.22. The maximum atomic E-state index is 12.0. The van der Waals surface area contributed by atoms with Gasteiger partial charge in [-0.05, 0) is 51.0 Å². The Kier molecular flexibility index (Phi) is 8.51. The number of unbranched alkanes of at least 4 members (excludes halogenated alkanes) is 1. The van der Waals surface area contributed by atoms with Crippen LogP contribution in [0.5, 0.6) is 0 Å². The Bertz CT molecular complexity index is 587. The van der Waals surface area contributed by atoms with E-state index in [0.29, 0.717) is 18.9 Å². The summed E-state index contributed by atoms with van der Waals surface area (Å²) in [7, 11) is 0. The molecule has 7 nitrogen and oxygen atoms in total. The number of allylic oxidation sites excluding steroid dienone is 3. The Labute approximate surface area is 160 Å². The first-order chi connectivity index (χ1) is 13.0. The fraction of sp³-hybridized carbons (Fsp3) is 0.650. The number of rotatable bonds is 11. The van der Waals surface area contributed by atoms with Crippen LogP contribution in [0.25, 0.3) is 0 Å². The van der Waals surface area contributed by atoms with Crippen molar-refractivity contribution in [3.63, 3.8) is 0 Å². The number of ether oxygens (including phenoxy) is 1. The molecule has 2 rings (SSSR count). The van der Waals surface area contributed by atoms with Gasteiger partial charge in [0.15, 0.2) is 0 Å². The molecule has 2 amide bonds. The molecule has 150 valence electrons. The predicted octanol–water partition coefficient (Wildman–Crippen LogP) is 1.79. The summed E-state index contributed by atoms with van der Waals surface area (Å²) in [4.78, 5) is 33.8. The van der Waals surface area contributed by atoms with Gasteiger partial charge in [0.05, 0.1) is 18.8 Å². The van der Waals surface area contributed by atoms with Crippen LogP contribution in [0, 0.1) is 11.8 Å². The van der Waals surface area contributed by atoms with Gasteiger partial charge in [-0.15, -0.1) is 0 Å².